The van der Waals surface area contributed by atoms with Crippen LogP contribution >= 0.6 is 27.5 Å². The first-order chi connectivity index (χ1) is 9.87. The van der Waals surface area contributed by atoms with Crippen LogP contribution in [0.5, 0.6) is 0 Å². The zero-order valence-electron chi connectivity index (χ0n) is 12.9. The highest BCUT2D eigenvalue weighted by atomic mass is 79.9. The lowest BCUT2D eigenvalue weighted by Crippen LogP contribution is -2.24. The van der Waals surface area contributed by atoms with Crippen LogP contribution in [-0.2, 0) is 0 Å². The maximum Gasteiger partial charge on any atom is 0.127 e. The lowest BCUT2D eigenvalue weighted by atomic mass is 9.75. The van der Waals surface area contributed by atoms with Crippen LogP contribution in [0.3, 0.4) is 0 Å². The highest BCUT2D eigenvalue weighted by molar-refractivity contribution is 9.10. The average Bonchev–Trinajstić information content (AvgIpc) is 2.78. The number of rotatable bonds is 2. The van der Waals surface area contributed by atoms with Crippen LogP contribution in [0.25, 0.3) is 11.0 Å². The van der Waals surface area contributed by atoms with Crippen molar-refractivity contribution in [1.29, 1.82) is 0 Å². The number of imidazole rings is 1. The summed E-state index contributed by atoms with van der Waals surface area (Å²) in [7, 11) is 0. The summed E-state index contributed by atoms with van der Waals surface area (Å²) < 4.78 is 3.49. The molecule has 1 atom stereocenters. The van der Waals surface area contributed by atoms with E-state index in [-0.39, 0.29) is 5.38 Å². The SMILES string of the molecule is CC(Cl)c1nc2ccc(Br)cc2n1C1CCC(C)(C)CC1. The smallest absolute Gasteiger partial charge is 0.127 e. The molecule has 0 bridgehead atoms. The quantitative estimate of drug-likeness (QED) is 0.573. The Hall–Kier alpha value is -0.540. The molecule has 2 nitrogen and oxygen atoms in total. The van der Waals surface area contributed by atoms with Gasteiger partial charge in [-0.3, -0.25) is 0 Å². The van der Waals surface area contributed by atoms with Gasteiger partial charge in [0.05, 0.1) is 16.4 Å². The summed E-state index contributed by atoms with van der Waals surface area (Å²) in [5.74, 6) is 1.01. The molecule has 1 aliphatic rings. The van der Waals surface area contributed by atoms with Crippen LogP contribution in [0.4, 0.5) is 0 Å². The second kappa shape index (κ2) is 5.58. The molecule has 0 saturated heterocycles. The molecule has 0 aliphatic heterocycles. The summed E-state index contributed by atoms with van der Waals surface area (Å²) in [5.41, 5.74) is 2.72. The maximum absolute atomic E-state index is 6.40. The third-order valence-corrected chi connectivity index (χ3v) is 5.40. The van der Waals surface area contributed by atoms with E-state index in [4.69, 9.17) is 16.6 Å². The second-order valence-corrected chi connectivity index (χ2v) is 8.55. The van der Waals surface area contributed by atoms with Gasteiger partial charge in [0.2, 0.25) is 0 Å². The molecule has 4 heteroatoms. The Kier molecular flexibility index (Phi) is 4.08. The largest absolute Gasteiger partial charge is 0.324 e. The van der Waals surface area contributed by atoms with E-state index < -0.39 is 0 Å². The summed E-state index contributed by atoms with van der Waals surface area (Å²) >= 11 is 9.98. The van der Waals surface area contributed by atoms with Gasteiger partial charge in [0.15, 0.2) is 0 Å². The second-order valence-electron chi connectivity index (χ2n) is 6.98. The maximum atomic E-state index is 6.40. The number of alkyl halides is 1. The average molecular weight is 370 g/mol. The molecule has 0 radical (unpaired) electrons. The first-order valence-corrected chi connectivity index (χ1v) is 8.92. The molecule has 114 valence electrons. The Balaban J connectivity index is 2.07. The van der Waals surface area contributed by atoms with Gasteiger partial charge in [-0.2, -0.15) is 0 Å². The number of halogens is 2. The van der Waals surface area contributed by atoms with Gasteiger partial charge in [-0.05, 0) is 56.2 Å². The lowest BCUT2D eigenvalue weighted by molar-refractivity contribution is 0.194. The van der Waals surface area contributed by atoms with Gasteiger partial charge in [0, 0.05) is 10.5 Å². The van der Waals surface area contributed by atoms with E-state index in [1.807, 2.05) is 13.0 Å². The Labute approximate surface area is 140 Å². The van der Waals surface area contributed by atoms with E-state index in [1.165, 1.54) is 31.2 Å². The van der Waals surface area contributed by atoms with Gasteiger partial charge in [-0.25, -0.2) is 4.98 Å². The molecule has 3 rings (SSSR count). The van der Waals surface area contributed by atoms with Gasteiger partial charge >= 0.3 is 0 Å². The monoisotopic (exact) mass is 368 g/mol. The Morgan fingerprint density at radius 2 is 2.00 bits per heavy atom. The number of fused-ring (bicyclic) bond motifs is 1. The van der Waals surface area contributed by atoms with Crippen molar-refractivity contribution in [2.75, 3.05) is 0 Å². The highest BCUT2D eigenvalue weighted by Crippen LogP contribution is 2.42. The normalized spacial score (nSPS) is 20.8. The van der Waals surface area contributed by atoms with Crippen molar-refractivity contribution in [3.05, 3.63) is 28.5 Å². The van der Waals surface area contributed by atoms with Gasteiger partial charge < -0.3 is 4.57 Å². The molecule has 1 saturated carbocycles. The number of aromatic nitrogens is 2. The topological polar surface area (TPSA) is 17.8 Å². The van der Waals surface area contributed by atoms with Gasteiger partial charge in [-0.15, -0.1) is 11.6 Å². The molecule has 1 heterocycles. The highest BCUT2D eigenvalue weighted by Gasteiger charge is 2.30. The fourth-order valence-corrected chi connectivity index (χ4v) is 3.89. The number of benzene rings is 1. The minimum absolute atomic E-state index is 0.0638. The molecule has 1 fully saturated rings. The third kappa shape index (κ3) is 3.00. The van der Waals surface area contributed by atoms with E-state index in [2.05, 4.69) is 46.5 Å². The molecule has 2 aromatic rings. The predicted molar refractivity (Wildman–Crippen MR) is 93.0 cm³/mol. The molecule has 1 aromatic heterocycles. The summed E-state index contributed by atoms with van der Waals surface area (Å²) in [4.78, 5) is 4.78. The summed E-state index contributed by atoms with van der Waals surface area (Å²) in [6, 6.07) is 6.82. The fraction of sp³-hybridized carbons (Fsp3) is 0.588. The Morgan fingerprint density at radius 3 is 2.62 bits per heavy atom. The van der Waals surface area contributed by atoms with Crippen molar-refractivity contribution < 1.29 is 0 Å². The summed E-state index contributed by atoms with van der Waals surface area (Å²) in [6.07, 6.45) is 4.95. The Morgan fingerprint density at radius 1 is 1.33 bits per heavy atom. The summed E-state index contributed by atoms with van der Waals surface area (Å²) in [6.45, 7) is 6.76. The van der Waals surface area contributed by atoms with Crippen molar-refractivity contribution in [2.24, 2.45) is 5.41 Å². The van der Waals surface area contributed by atoms with Crippen LogP contribution in [0.1, 0.15) is 63.7 Å². The van der Waals surface area contributed by atoms with E-state index in [9.17, 15) is 0 Å². The van der Waals surface area contributed by atoms with E-state index in [0.29, 0.717) is 11.5 Å². The van der Waals surface area contributed by atoms with Crippen molar-refractivity contribution in [3.63, 3.8) is 0 Å². The third-order valence-electron chi connectivity index (χ3n) is 4.71. The van der Waals surface area contributed by atoms with Crippen LogP contribution in [0, 0.1) is 5.41 Å². The minimum Gasteiger partial charge on any atom is -0.324 e. The Bertz CT molecular complexity index is 650. The van der Waals surface area contributed by atoms with Gasteiger partial charge in [0.1, 0.15) is 5.82 Å². The first kappa shape index (κ1) is 15.4. The lowest BCUT2D eigenvalue weighted by Gasteiger charge is -2.36. The van der Waals surface area contributed by atoms with E-state index in [0.717, 1.165) is 15.8 Å². The van der Waals surface area contributed by atoms with Gasteiger partial charge in [0.25, 0.3) is 0 Å². The number of nitrogens with zero attached hydrogens (tertiary/aromatic N) is 2. The van der Waals surface area contributed by atoms with Gasteiger partial charge in [-0.1, -0.05) is 29.8 Å². The molecule has 1 aromatic carbocycles. The van der Waals surface area contributed by atoms with Crippen LogP contribution < -0.4 is 0 Å². The molecule has 0 amide bonds. The zero-order valence-corrected chi connectivity index (χ0v) is 15.2. The molecule has 1 unspecified atom stereocenters. The van der Waals surface area contributed by atoms with Crippen LogP contribution in [-0.4, -0.2) is 9.55 Å². The molecule has 21 heavy (non-hydrogen) atoms. The van der Waals surface area contributed by atoms with Crippen LogP contribution in [0.15, 0.2) is 22.7 Å². The number of hydrogen-bond donors (Lipinski definition) is 0. The predicted octanol–water partition coefficient (Wildman–Crippen LogP) is 6.24. The van der Waals surface area contributed by atoms with Crippen molar-refractivity contribution in [2.45, 2.75) is 57.9 Å². The molecule has 1 aliphatic carbocycles. The minimum atomic E-state index is -0.0638. The van der Waals surface area contributed by atoms with Crippen LogP contribution in [0.2, 0.25) is 0 Å². The first-order valence-electron chi connectivity index (χ1n) is 7.69. The zero-order chi connectivity index (χ0) is 15.2. The van der Waals surface area contributed by atoms with Crippen molar-refractivity contribution >= 4 is 38.6 Å². The fourth-order valence-electron chi connectivity index (χ4n) is 3.39. The van der Waals surface area contributed by atoms with E-state index in [1.54, 1.807) is 0 Å². The summed E-state index contributed by atoms with van der Waals surface area (Å²) in [5, 5.41) is -0.0638. The number of hydrogen-bond acceptors (Lipinski definition) is 1. The molecule has 0 spiro atoms. The molecular formula is C17H22BrClN2. The standard InChI is InChI=1S/C17H22BrClN2/c1-11(19)16-20-14-5-4-12(18)10-15(14)21(16)13-6-8-17(2,3)9-7-13/h4-5,10-11,13H,6-9H2,1-3H3. The van der Waals surface area contributed by atoms with E-state index >= 15 is 0 Å². The molecular weight excluding hydrogens is 348 g/mol. The van der Waals surface area contributed by atoms with Crippen molar-refractivity contribution in [1.82, 2.24) is 9.55 Å². The van der Waals surface area contributed by atoms with Crippen molar-refractivity contribution in [3.8, 4) is 0 Å². The molecule has 0 N–H and O–H groups in total.